The molecule has 186 valence electrons. The van der Waals surface area contributed by atoms with Gasteiger partial charge in [0.15, 0.2) is 10.8 Å². The standard InChI is InChI=1S/C17H14F3N7O5S3/c18-17(19,20)9-6(34-5-22-9)1-2-16(14(30)31)3-27-12(29)8(13(27)33-4-16)23-11(28)7(25-32)10-24-15(21)35-26-10/h1-2,5,8,13,32H,3-4H2,(H,23,28)(H,30,31)(H2,21,24,26)/t8?,13-,16?/m1/s1. The van der Waals surface area contributed by atoms with Crippen LogP contribution in [0.25, 0.3) is 6.08 Å². The van der Waals surface area contributed by atoms with Crippen molar-refractivity contribution in [3.05, 3.63) is 28.0 Å². The van der Waals surface area contributed by atoms with E-state index in [-0.39, 0.29) is 28.1 Å². The summed E-state index contributed by atoms with van der Waals surface area (Å²) in [7, 11) is 0. The molecule has 4 heterocycles. The third kappa shape index (κ3) is 4.55. The van der Waals surface area contributed by atoms with E-state index >= 15 is 0 Å². The number of anilines is 1. The largest absolute Gasteiger partial charge is 0.481 e. The molecule has 12 nitrogen and oxygen atoms in total. The quantitative estimate of drug-likeness (QED) is 0.175. The van der Waals surface area contributed by atoms with E-state index in [0.29, 0.717) is 11.3 Å². The molecule has 2 saturated heterocycles. The maximum atomic E-state index is 13.1. The first-order chi connectivity index (χ1) is 16.5. The van der Waals surface area contributed by atoms with Gasteiger partial charge in [0.1, 0.15) is 16.8 Å². The first-order valence-electron chi connectivity index (χ1n) is 9.45. The van der Waals surface area contributed by atoms with Crippen molar-refractivity contribution in [2.45, 2.75) is 17.6 Å². The van der Waals surface area contributed by atoms with Gasteiger partial charge in [-0.25, -0.2) is 4.98 Å². The third-order valence-corrected chi connectivity index (χ3v) is 8.09. The second kappa shape index (κ2) is 9.08. The van der Waals surface area contributed by atoms with Gasteiger partial charge in [-0.15, -0.1) is 23.1 Å². The number of amides is 2. The van der Waals surface area contributed by atoms with Crippen LogP contribution >= 0.6 is 34.6 Å². The fourth-order valence-electron chi connectivity index (χ4n) is 3.45. The van der Waals surface area contributed by atoms with Gasteiger partial charge in [-0.05, 0) is 6.08 Å². The third-order valence-electron chi connectivity index (χ3n) is 5.20. The Bertz CT molecular complexity index is 1250. The van der Waals surface area contributed by atoms with Gasteiger partial charge in [0.25, 0.3) is 5.91 Å². The number of hydrogen-bond donors (Lipinski definition) is 4. The molecule has 2 fully saturated rings. The number of oxime groups is 1. The molecule has 18 heteroatoms. The van der Waals surface area contributed by atoms with Gasteiger partial charge in [0.05, 0.1) is 10.4 Å². The number of fused-ring (bicyclic) bond motifs is 1. The number of rotatable bonds is 6. The summed E-state index contributed by atoms with van der Waals surface area (Å²) in [5.41, 5.74) is 3.13. The Balaban J connectivity index is 1.48. The number of hydrogen-bond acceptors (Lipinski definition) is 12. The van der Waals surface area contributed by atoms with Crippen LogP contribution in [0.5, 0.6) is 0 Å². The Hall–Kier alpha value is -3.25. The molecular weight excluding hydrogens is 535 g/mol. The monoisotopic (exact) mass is 549 g/mol. The van der Waals surface area contributed by atoms with Crippen molar-refractivity contribution in [1.29, 1.82) is 0 Å². The average molecular weight is 550 g/mol. The van der Waals surface area contributed by atoms with Crippen LogP contribution in [0.3, 0.4) is 0 Å². The molecular formula is C17H14F3N7O5S3. The smallest absolute Gasteiger partial charge is 0.434 e. The molecule has 35 heavy (non-hydrogen) atoms. The number of alkyl halides is 3. The average Bonchev–Trinajstić information content (AvgIpc) is 3.45. The highest BCUT2D eigenvalue weighted by Gasteiger charge is 2.57. The first kappa shape index (κ1) is 24.9. The molecule has 5 N–H and O–H groups in total. The van der Waals surface area contributed by atoms with Crippen LogP contribution in [-0.2, 0) is 20.6 Å². The number of carbonyl (C=O) groups excluding carboxylic acids is 2. The molecule has 2 aromatic rings. The Kier molecular flexibility index (Phi) is 6.45. The number of carbonyl (C=O) groups is 3. The minimum atomic E-state index is -4.70. The molecule has 0 spiro atoms. The minimum Gasteiger partial charge on any atom is -0.481 e. The lowest BCUT2D eigenvalue weighted by atomic mass is 9.86. The second-order valence-electron chi connectivity index (χ2n) is 7.38. The summed E-state index contributed by atoms with van der Waals surface area (Å²) in [5.74, 6) is -3.18. The zero-order valence-electron chi connectivity index (χ0n) is 17.1. The zero-order valence-corrected chi connectivity index (χ0v) is 19.5. The van der Waals surface area contributed by atoms with Crippen LogP contribution in [0.4, 0.5) is 18.3 Å². The lowest BCUT2D eigenvalue weighted by Crippen LogP contribution is -2.73. The summed E-state index contributed by atoms with van der Waals surface area (Å²) >= 11 is 2.52. The molecule has 0 saturated carbocycles. The van der Waals surface area contributed by atoms with E-state index in [1.807, 2.05) is 0 Å². The van der Waals surface area contributed by atoms with E-state index in [4.69, 9.17) is 10.9 Å². The van der Waals surface area contributed by atoms with Crippen LogP contribution < -0.4 is 11.1 Å². The van der Waals surface area contributed by atoms with E-state index in [9.17, 15) is 32.7 Å². The maximum absolute atomic E-state index is 13.1. The number of nitrogens with one attached hydrogen (secondary N) is 1. The predicted octanol–water partition coefficient (Wildman–Crippen LogP) is 0.958. The molecule has 2 amide bonds. The molecule has 3 atom stereocenters. The molecule has 0 bridgehead atoms. The number of thioether (sulfide) groups is 1. The fourth-order valence-corrected chi connectivity index (χ4v) is 6.10. The number of aliphatic carboxylic acids is 1. The van der Waals surface area contributed by atoms with Crippen LogP contribution in [0.1, 0.15) is 16.4 Å². The summed E-state index contributed by atoms with van der Waals surface area (Å²) in [6.07, 6.45) is -2.51. The lowest BCUT2D eigenvalue weighted by molar-refractivity contribution is -0.156. The highest BCUT2D eigenvalue weighted by atomic mass is 32.2. The first-order valence-corrected chi connectivity index (χ1v) is 12.1. The predicted molar refractivity (Wildman–Crippen MR) is 119 cm³/mol. The Morgan fingerprint density at radius 3 is 2.74 bits per heavy atom. The van der Waals surface area contributed by atoms with Crippen LogP contribution in [0.2, 0.25) is 0 Å². The van der Waals surface area contributed by atoms with Crippen LogP contribution in [-0.4, -0.2) is 76.8 Å². The summed E-state index contributed by atoms with van der Waals surface area (Å²) in [6.45, 7) is -0.313. The normalized spacial score (nSPS) is 24.8. The van der Waals surface area contributed by atoms with E-state index in [0.717, 1.165) is 41.0 Å². The molecule has 2 aliphatic rings. The number of nitrogens with zero attached hydrogens (tertiary/aromatic N) is 5. The number of aromatic nitrogens is 3. The van der Waals surface area contributed by atoms with Gasteiger partial charge in [-0.3, -0.25) is 14.4 Å². The minimum absolute atomic E-state index is 0.0291. The van der Waals surface area contributed by atoms with Gasteiger partial charge in [-0.2, -0.15) is 22.5 Å². The molecule has 2 aromatic heterocycles. The van der Waals surface area contributed by atoms with Gasteiger partial charge < -0.3 is 26.3 Å². The molecule has 4 rings (SSSR count). The van der Waals surface area contributed by atoms with Crippen molar-refractivity contribution in [3.8, 4) is 0 Å². The van der Waals surface area contributed by atoms with Crippen LogP contribution in [0, 0.1) is 5.41 Å². The molecule has 0 radical (unpaired) electrons. The Labute approximate surface area is 205 Å². The van der Waals surface area contributed by atoms with E-state index in [2.05, 4.69) is 24.8 Å². The highest BCUT2D eigenvalue weighted by Crippen LogP contribution is 2.44. The topological polar surface area (TPSA) is 184 Å². The summed E-state index contributed by atoms with van der Waals surface area (Å²) in [5, 5.41) is 23.7. The summed E-state index contributed by atoms with van der Waals surface area (Å²) in [4.78, 5) is 45.2. The van der Waals surface area contributed by atoms with Crippen LogP contribution in [0.15, 0.2) is 16.7 Å². The molecule has 0 aliphatic carbocycles. The van der Waals surface area contributed by atoms with E-state index < -0.39 is 52.2 Å². The van der Waals surface area contributed by atoms with E-state index in [1.165, 1.54) is 4.90 Å². The van der Waals surface area contributed by atoms with Gasteiger partial charge in [0.2, 0.25) is 17.4 Å². The number of thiazole rings is 1. The van der Waals surface area contributed by atoms with Crippen molar-refractivity contribution in [3.63, 3.8) is 0 Å². The van der Waals surface area contributed by atoms with Crippen molar-refractivity contribution < 1.29 is 37.9 Å². The number of carboxylic acids is 1. The van der Waals surface area contributed by atoms with Crippen molar-refractivity contribution in [1.82, 2.24) is 24.6 Å². The summed E-state index contributed by atoms with van der Waals surface area (Å²) in [6, 6.07) is -1.05. The number of nitrogens with two attached hydrogens (primary N) is 1. The second-order valence-corrected chi connectivity index (χ2v) is 10.2. The zero-order chi connectivity index (χ0) is 25.5. The van der Waals surface area contributed by atoms with Crippen molar-refractivity contribution in [2.24, 2.45) is 10.6 Å². The van der Waals surface area contributed by atoms with Gasteiger partial charge in [-0.1, -0.05) is 11.2 Å². The van der Waals surface area contributed by atoms with Gasteiger partial charge >= 0.3 is 12.1 Å². The number of halogens is 3. The van der Waals surface area contributed by atoms with Crippen molar-refractivity contribution in [2.75, 3.05) is 18.0 Å². The highest BCUT2D eigenvalue weighted by molar-refractivity contribution is 8.00. The van der Waals surface area contributed by atoms with Gasteiger partial charge in [0, 0.05) is 23.8 Å². The fraction of sp³-hybridized carbons (Fsp3) is 0.353. The van der Waals surface area contributed by atoms with Crippen molar-refractivity contribution >= 4 is 69.3 Å². The molecule has 2 aliphatic heterocycles. The maximum Gasteiger partial charge on any atom is 0.434 e. The Morgan fingerprint density at radius 1 is 1.40 bits per heavy atom. The van der Waals surface area contributed by atoms with E-state index in [1.54, 1.807) is 0 Å². The SMILES string of the molecule is Nc1nc(C(=NO)C(=O)NC2C(=O)N3CC(C=Cc4scnc4C(F)(F)F)(C(=O)O)CS[C@H]23)ns1. The lowest BCUT2D eigenvalue weighted by Gasteiger charge is -2.53. The summed E-state index contributed by atoms with van der Waals surface area (Å²) < 4.78 is 43.0. The molecule has 0 aromatic carbocycles. The number of carboxylic acid groups (broad SMARTS) is 1. The molecule has 2 unspecified atom stereocenters. The number of nitrogen functional groups attached to an aromatic ring is 1. The Morgan fingerprint density at radius 2 is 2.14 bits per heavy atom. The number of β-lactam (4-membered cyclic amide) rings is 1.